The summed E-state index contributed by atoms with van der Waals surface area (Å²) in [7, 11) is -7.31. The van der Waals surface area contributed by atoms with Crippen molar-refractivity contribution in [3.63, 3.8) is 0 Å². The third-order valence-corrected chi connectivity index (χ3v) is 7.22. The second-order valence-corrected chi connectivity index (χ2v) is 11.2. The maximum atomic E-state index is 13.5. The van der Waals surface area contributed by atoms with Crippen LogP contribution in [0, 0.1) is 26.7 Å². The first-order valence-corrected chi connectivity index (χ1v) is 12.2. The standard InChI is InChI=1S/C19H29NO5S2/c1-13(2)7-18-10-17(12-25-26(6,21)22)11-20(18)27(23,24)19-15(4)8-14(3)9-16(19)5/h8-10,13,18H,7,11-12H2,1-6H3/t18-/m0/s1. The van der Waals surface area contributed by atoms with Crippen LogP contribution in [0.2, 0.25) is 0 Å². The molecule has 0 saturated carbocycles. The highest BCUT2D eigenvalue weighted by Gasteiger charge is 2.37. The molecule has 0 spiro atoms. The zero-order chi connectivity index (χ0) is 20.6. The Hall–Kier alpha value is -1.22. The highest BCUT2D eigenvalue weighted by atomic mass is 32.2. The summed E-state index contributed by atoms with van der Waals surface area (Å²) in [6, 6.07) is 3.43. The van der Waals surface area contributed by atoms with Crippen molar-refractivity contribution >= 4 is 20.1 Å². The summed E-state index contributed by atoms with van der Waals surface area (Å²) >= 11 is 0. The SMILES string of the molecule is Cc1cc(C)c(S(=O)(=O)N2CC(COS(C)(=O)=O)=C[C@@H]2CC(C)C)c(C)c1. The van der Waals surface area contributed by atoms with Gasteiger partial charge in [-0.1, -0.05) is 37.6 Å². The van der Waals surface area contributed by atoms with E-state index < -0.39 is 20.1 Å². The van der Waals surface area contributed by atoms with Crippen LogP contribution in [-0.2, 0) is 24.3 Å². The normalized spacial score (nSPS) is 18.9. The van der Waals surface area contributed by atoms with Crippen molar-refractivity contribution in [2.24, 2.45) is 5.92 Å². The predicted molar refractivity (Wildman–Crippen MR) is 107 cm³/mol. The van der Waals surface area contributed by atoms with Gasteiger partial charge in [0.05, 0.1) is 17.8 Å². The molecule has 1 aromatic carbocycles. The van der Waals surface area contributed by atoms with Gasteiger partial charge >= 0.3 is 0 Å². The van der Waals surface area contributed by atoms with Crippen LogP contribution in [0.1, 0.15) is 37.0 Å². The van der Waals surface area contributed by atoms with Crippen molar-refractivity contribution in [2.45, 2.75) is 52.0 Å². The van der Waals surface area contributed by atoms with Crippen LogP contribution in [0.5, 0.6) is 0 Å². The molecule has 152 valence electrons. The third kappa shape index (κ3) is 5.40. The first-order valence-electron chi connectivity index (χ1n) is 8.95. The summed E-state index contributed by atoms with van der Waals surface area (Å²) in [5.74, 6) is 0.291. The van der Waals surface area contributed by atoms with Gasteiger partial charge in [0.1, 0.15) is 0 Å². The van der Waals surface area contributed by atoms with E-state index >= 15 is 0 Å². The molecule has 0 bridgehead atoms. The van der Waals surface area contributed by atoms with Gasteiger partial charge in [-0.15, -0.1) is 0 Å². The van der Waals surface area contributed by atoms with Crippen molar-refractivity contribution in [1.29, 1.82) is 0 Å². The van der Waals surface area contributed by atoms with Crippen LogP contribution < -0.4 is 0 Å². The van der Waals surface area contributed by atoms with Gasteiger partial charge in [-0.3, -0.25) is 4.18 Å². The molecule has 1 heterocycles. The molecule has 1 atom stereocenters. The lowest BCUT2D eigenvalue weighted by atomic mass is 10.0. The van der Waals surface area contributed by atoms with Crippen molar-refractivity contribution in [3.8, 4) is 0 Å². The van der Waals surface area contributed by atoms with Gasteiger partial charge in [0.25, 0.3) is 10.1 Å². The minimum absolute atomic E-state index is 0.120. The van der Waals surface area contributed by atoms with E-state index in [-0.39, 0.29) is 19.2 Å². The Morgan fingerprint density at radius 2 is 1.67 bits per heavy atom. The maximum absolute atomic E-state index is 13.5. The molecular formula is C19H29NO5S2. The van der Waals surface area contributed by atoms with E-state index in [1.165, 1.54) is 4.31 Å². The van der Waals surface area contributed by atoms with E-state index in [1.54, 1.807) is 0 Å². The molecule has 0 unspecified atom stereocenters. The Kier molecular flexibility index (Phi) is 6.56. The second-order valence-electron chi connectivity index (χ2n) is 7.77. The van der Waals surface area contributed by atoms with Gasteiger partial charge in [-0.2, -0.15) is 12.7 Å². The molecule has 1 aliphatic rings. The van der Waals surface area contributed by atoms with Crippen LogP contribution >= 0.6 is 0 Å². The molecule has 1 aromatic rings. The summed E-state index contributed by atoms with van der Waals surface area (Å²) in [5, 5.41) is 0. The van der Waals surface area contributed by atoms with Crippen LogP contribution in [0.4, 0.5) is 0 Å². The summed E-state index contributed by atoms with van der Waals surface area (Å²) in [4.78, 5) is 0.334. The highest BCUT2D eigenvalue weighted by molar-refractivity contribution is 7.89. The number of sulfonamides is 1. The maximum Gasteiger partial charge on any atom is 0.264 e. The molecule has 0 amide bonds. The minimum atomic E-state index is -3.72. The molecule has 0 aromatic heterocycles. The molecule has 1 aliphatic heterocycles. The van der Waals surface area contributed by atoms with Gasteiger partial charge in [0.2, 0.25) is 10.0 Å². The predicted octanol–water partition coefficient (Wildman–Crippen LogP) is 2.93. The van der Waals surface area contributed by atoms with Crippen LogP contribution in [0.15, 0.2) is 28.7 Å². The van der Waals surface area contributed by atoms with Gasteiger partial charge in [0.15, 0.2) is 0 Å². The Bertz CT molecular complexity index is 923. The molecule has 6 nitrogen and oxygen atoms in total. The number of rotatable bonds is 7. The van der Waals surface area contributed by atoms with E-state index in [9.17, 15) is 16.8 Å². The molecule has 0 aliphatic carbocycles. The van der Waals surface area contributed by atoms with Gasteiger partial charge in [0, 0.05) is 12.6 Å². The van der Waals surface area contributed by atoms with Crippen molar-refractivity contribution in [1.82, 2.24) is 4.31 Å². The van der Waals surface area contributed by atoms with Gasteiger partial charge in [-0.25, -0.2) is 8.42 Å². The molecule has 27 heavy (non-hydrogen) atoms. The largest absolute Gasteiger partial charge is 0.266 e. The lowest BCUT2D eigenvalue weighted by molar-refractivity contribution is 0.335. The first-order chi connectivity index (χ1) is 12.3. The fourth-order valence-electron chi connectivity index (χ4n) is 3.62. The molecule has 0 fully saturated rings. The lowest BCUT2D eigenvalue weighted by Crippen LogP contribution is -2.38. The summed E-state index contributed by atoms with van der Waals surface area (Å²) in [5.41, 5.74) is 3.12. The van der Waals surface area contributed by atoms with Crippen molar-refractivity contribution in [3.05, 3.63) is 40.5 Å². The van der Waals surface area contributed by atoms with E-state index in [0.29, 0.717) is 22.8 Å². The monoisotopic (exact) mass is 415 g/mol. The van der Waals surface area contributed by atoms with Crippen molar-refractivity contribution < 1.29 is 21.0 Å². The second kappa shape index (κ2) is 8.03. The lowest BCUT2D eigenvalue weighted by Gasteiger charge is -2.27. The number of aryl methyl sites for hydroxylation is 3. The Labute approximate surface area is 163 Å². The Balaban J connectivity index is 2.40. The summed E-state index contributed by atoms with van der Waals surface area (Å²) in [6.07, 6.45) is 3.48. The third-order valence-electron chi connectivity index (χ3n) is 4.50. The number of hydrogen-bond donors (Lipinski definition) is 0. The van der Waals surface area contributed by atoms with Crippen LogP contribution in [-0.4, -0.2) is 46.6 Å². The Morgan fingerprint density at radius 1 is 1.11 bits per heavy atom. The molecule has 0 saturated heterocycles. The fraction of sp³-hybridized carbons (Fsp3) is 0.579. The van der Waals surface area contributed by atoms with Crippen molar-refractivity contribution in [2.75, 3.05) is 19.4 Å². The first kappa shape index (κ1) is 22.1. The topological polar surface area (TPSA) is 80.8 Å². The van der Waals surface area contributed by atoms with Gasteiger partial charge < -0.3 is 0 Å². The van der Waals surface area contributed by atoms with E-state index in [2.05, 4.69) is 0 Å². The number of benzene rings is 1. The fourth-order valence-corrected chi connectivity index (χ4v) is 6.00. The molecular weight excluding hydrogens is 386 g/mol. The minimum Gasteiger partial charge on any atom is -0.266 e. The van der Waals surface area contributed by atoms with Crippen LogP contribution in [0.3, 0.4) is 0 Å². The summed E-state index contributed by atoms with van der Waals surface area (Å²) in [6.45, 7) is 9.64. The molecule has 0 N–H and O–H groups in total. The van der Waals surface area contributed by atoms with Crippen LogP contribution in [0.25, 0.3) is 0 Å². The molecule has 8 heteroatoms. The average Bonchev–Trinajstić information content (AvgIpc) is 2.86. The Morgan fingerprint density at radius 3 is 2.15 bits per heavy atom. The highest BCUT2D eigenvalue weighted by Crippen LogP contribution is 2.32. The number of hydrogen-bond acceptors (Lipinski definition) is 5. The average molecular weight is 416 g/mol. The smallest absolute Gasteiger partial charge is 0.264 e. The van der Waals surface area contributed by atoms with E-state index in [4.69, 9.17) is 4.18 Å². The quantitative estimate of drug-likeness (QED) is 0.505. The molecule has 0 radical (unpaired) electrons. The van der Waals surface area contributed by atoms with E-state index in [0.717, 1.165) is 22.9 Å². The zero-order valence-corrected chi connectivity index (χ0v) is 18.4. The zero-order valence-electron chi connectivity index (χ0n) is 16.8. The van der Waals surface area contributed by atoms with Gasteiger partial charge in [-0.05, 0) is 49.8 Å². The number of nitrogens with zero attached hydrogens (tertiary/aromatic N) is 1. The summed E-state index contributed by atoms with van der Waals surface area (Å²) < 4.78 is 55.8. The van der Waals surface area contributed by atoms with E-state index in [1.807, 2.05) is 52.8 Å². The molecule has 2 rings (SSSR count).